The number of halogens is 1. The summed E-state index contributed by atoms with van der Waals surface area (Å²) in [5.41, 5.74) is 0.841. The Balaban J connectivity index is 2.00. The normalized spacial score (nSPS) is 10.5. The van der Waals surface area contributed by atoms with E-state index in [4.69, 9.17) is 9.47 Å². The fourth-order valence-corrected chi connectivity index (χ4v) is 1.88. The fraction of sp³-hybridized carbons (Fsp3) is 0.111. The lowest BCUT2D eigenvalue weighted by Crippen LogP contribution is -2.05. The van der Waals surface area contributed by atoms with Gasteiger partial charge in [-0.3, -0.25) is 0 Å². The molecular weight excluding hydrogens is 315 g/mol. The summed E-state index contributed by atoms with van der Waals surface area (Å²) < 4.78 is 28.0. The Labute approximate surface area is 138 Å². The predicted molar refractivity (Wildman–Crippen MR) is 85.4 cm³/mol. The predicted octanol–water partition coefficient (Wildman–Crippen LogP) is 3.24. The van der Waals surface area contributed by atoms with E-state index < -0.39 is 17.8 Å². The van der Waals surface area contributed by atoms with Crippen LogP contribution in [-0.2, 0) is 9.53 Å². The lowest BCUT2D eigenvalue weighted by atomic mass is 10.2. The summed E-state index contributed by atoms with van der Waals surface area (Å²) in [6.07, 6.45) is 2.60. The molecule has 2 aromatic rings. The Bertz CT molecular complexity index is 765. The summed E-state index contributed by atoms with van der Waals surface area (Å²) in [4.78, 5) is 23.0. The van der Waals surface area contributed by atoms with Crippen LogP contribution in [0.15, 0.2) is 48.5 Å². The second kappa shape index (κ2) is 7.92. The van der Waals surface area contributed by atoms with Gasteiger partial charge in [-0.05, 0) is 48.0 Å². The van der Waals surface area contributed by atoms with Gasteiger partial charge in [0.2, 0.25) is 0 Å². The lowest BCUT2D eigenvalue weighted by molar-refractivity contribution is -0.128. The van der Waals surface area contributed by atoms with Crippen molar-refractivity contribution >= 4 is 18.0 Å². The number of methoxy groups -OCH3 is 2. The van der Waals surface area contributed by atoms with E-state index in [2.05, 4.69) is 4.74 Å². The number of carbonyl (C=O) groups is 2. The molecule has 2 aromatic carbocycles. The third-order valence-electron chi connectivity index (χ3n) is 3.08. The molecule has 6 heteroatoms. The Morgan fingerprint density at radius 2 is 1.75 bits per heavy atom. The maximum absolute atomic E-state index is 13.5. The van der Waals surface area contributed by atoms with E-state index in [0.717, 1.165) is 0 Å². The minimum atomic E-state index is -0.628. The molecule has 0 bridgehead atoms. The number of rotatable bonds is 5. The zero-order chi connectivity index (χ0) is 17.5. The van der Waals surface area contributed by atoms with Crippen LogP contribution in [-0.4, -0.2) is 26.2 Å². The number of benzene rings is 2. The minimum Gasteiger partial charge on any atom is -0.494 e. The molecule has 0 amide bonds. The third kappa shape index (κ3) is 4.42. The first-order valence-electron chi connectivity index (χ1n) is 6.95. The smallest absolute Gasteiger partial charge is 0.337 e. The van der Waals surface area contributed by atoms with Crippen molar-refractivity contribution in [1.82, 2.24) is 0 Å². The molecule has 124 valence electrons. The maximum atomic E-state index is 13.5. The quantitative estimate of drug-likeness (QED) is 0.478. The highest BCUT2D eigenvalue weighted by molar-refractivity contribution is 5.90. The monoisotopic (exact) mass is 330 g/mol. The second-order valence-electron chi connectivity index (χ2n) is 4.66. The molecule has 0 aliphatic heterocycles. The van der Waals surface area contributed by atoms with Gasteiger partial charge >= 0.3 is 11.9 Å². The summed E-state index contributed by atoms with van der Waals surface area (Å²) in [6, 6.07) is 10.2. The molecule has 5 nitrogen and oxygen atoms in total. The van der Waals surface area contributed by atoms with Gasteiger partial charge in [0.15, 0.2) is 11.6 Å². The largest absolute Gasteiger partial charge is 0.494 e. The molecule has 0 aromatic heterocycles. The van der Waals surface area contributed by atoms with Gasteiger partial charge in [0.25, 0.3) is 0 Å². The molecule has 0 saturated carbocycles. The highest BCUT2D eigenvalue weighted by Crippen LogP contribution is 2.18. The van der Waals surface area contributed by atoms with Crippen LogP contribution in [0.3, 0.4) is 0 Å². The van der Waals surface area contributed by atoms with Gasteiger partial charge in [-0.1, -0.05) is 6.07 Å². The molecule has 0 unspecified atom stereocenters. The molecule has 0 aliphatic carbocycles. The minimum absolute atomic E-state index is 0.125. The van der Waals surface area contributed by atoms with Gasteiger partial charge in [-0.25, -0.2) is 14.0 Å². The van der Waals surface area contributed by atoms with E-state index in [-0.39, 0.29) is 11.5 Å². The fourth-order valence-electron chi connectivity index (χ4n) is 1.88. The van der Waals surface area contributed by atoms with Crippen LogP contribution < -0.4 is 9.47 Å². The average Bonchev–Trinajstić information content (AvgIpc) is 2.60. The van der Waals surface area contributed by atoms with Crippen LogP contribution in [0, 0.1) is 5.82 Å². The molecule has 0 fully saturated rings. The van der Waals surface area contributed by atoms with Crippen LogP contribution in [0.4, 0.5) is 4.39 Å². The van der Waals surface area contributed by atoms with Crippen molar-refractivity contribution in [2.75, 3.05) is 14.2 Å². The van der Waals surface area contributed by atoms with E-state index in [1.165, 1.54) is 62.8 Å². The number of esters is 2. The first-order chi connectivity index (χ1) is 11.5. The molecular formula is C18H15FO5. The van der Waals surface area contributed by atoms with Crippen molar-refractivity contribution in [2.45, 2.75) is 0 Å². The third-order valence-corrected chi connectivity index (χ3v) is 3.08. The van der Waals surface area contributed by atoms with Crippen molar-refractivity contribution < 1.29 is 28.2 Å². The Morgan fingerprint density at radius 1 is 1.04 bits per heavy atom. The van der Waals surface area contributed by atoms with E-state index in [9.17, 15) is 14.0 Å². The van der Waals surface area contributed by atoms with Gasteiger partial charge in [-0.2, -0.15) is 0 Å². The molecule has 0 atom stereocenters. The summed E-state index contributed by atoms with van der Waals surface area (Å²) in [7, 11) is 2.65. The zero-order valence-electron chi connectivity index (χ0n) is 13.1. The maximum Gasteiger partial charge on any atom is 0.337 e. The van der Waals surface area contributed by atoms with E-state index >= 15 is 0 Å². The van der Waals surface area contributed by atoms with Crippen molar-refractivity contribution in [2.24, 2.45) is 0 Å². The molecule has 2 rings (SSSR count). The van der Waals surface area contributed by atoms with Gasteiger partial charge < -0.3 is 14.2 Å². The molecule has 0 N–H and O–H groups in total. The summed E-state index contributed by atoms with van der Waals surface area (Å²) in [6.45, 7) is 0. The van der Waals surface area contributed by atoms with Crippen LogP contribution >= 0.6 is 0 Å². The first kappa shape index (κ1) is 17.2. The van der Waals surface area contributed by atoms with Crippen molar-refractivity contribution in [3.05, 3.63) is 65.5 Å². The molecule has 0 radical (unpaired) electrons. The Kier molecular flexibility index (Phi) is 5.68. The van der Waals surface area contributed by atoms with E-state index in [1.54, 1.807) is 6.07 Å². The highest BCUT2D eigenvalue weighted by atomic mass is 19.1. The van der Waals surface area contributed by atoms with Gasteiger partial charge in [0.1, 0.15) is 5.75 Å². The Hall–Kier alpha value is -3.15. The second-order valence-corrected chi connectivity index (χ2v) is 4.66. The summed E-state index contributed by atoms with van der Waals surface area (Å²) in [5, 5.41) is 0. The lowest BCUT2D eigenvalue weighted by Gasteiger charge is -2.03. The number of hydrogen-bond donors (Lipinski definition) is 0. The average molecular weight is 330 g/mol. The van der Waals surface area contributed by atoms with E-state index in [0.29, 0.717) is 11.1 Å². The Morgan fingerprint density at radius 3 is 2.33 bits per heavy atom. The van der Waals surface area contributed by atoms with Gasteiger partial charge in [0.05, 0.1) is 19.8 Å². The molecule has 0 saturated heterocycles. The van der Waals surface area contributed by atoms with Crippen molar-refractivity contribution in [1.29, 1.82) is 0 Å². The van der Waals surface area contributed by atoms with Crippen molar-refractivity contribution in [3.8, 4) is 11.5 Å². The van der Waals surface area contributed by atoms with Gasteiger partial charge in [0, 0.05) is 6.08 Å². The molecule has 0 spiro atoms. The number of hydrogen-bond acceptors (Lipinski definition) is 5. The SMILES string of the molecule is COC(=O)c1ccc(OC(=O)/C=C/c2ccc(OC)c(F)c2)cc1. The highest BCUT2D eigenvalue weighted by Gasteiger charge is 2.06. The standard InChI is InChI=1S/C18H15FO5/c1-22-16-9-3-12(11-15(16)19)4-10-17(20)24-14-7-5-13(6-8-14)18(21)23-2/h3-11H,1-2H3/b10-4+. The van der Waals surface area contributed by atoms with Crippen LogP contribution in [0.1, 0.15) is 15.9 Å². The van der Waals surface area contributed by atoms with Crippen LogP contribution in [0.25, 0.3) is 6.08 Å². The topological polar surface area (TPSA) is 61.8 Å². The summed E-state index contributed by atoms with van der Waals surface area (Å²) in [5.74, 6) is -1.23. The first-order valence-corrected chi connectivity index (χ1v) is 6.95. The molecule has 0 aliphatic rings. The molecule has 24 heavy (non-hydrogen) atoms. The zero-order valence-corrected chi connectivity index (χ0v) is 13.1. The van der Waals surface area contributed by atoms with Crippen LogP contribution in [0.2, 0.25) is 0 Å². The van der Waals surface area contributed by atoms with Crippen molar-refractivity contribution in [3.63, 3.8) is 0 Å². The summed E-state index contributed by atoms with van der Waals surface area (Å²) >= 11 is 0. The number of ether oxygens (including phenoxy) is 3. The van der Waals surface area contributed by atoms with E-state index in [1.807, 2.05) is 0 Å². The molecule has 0 heterocycles. The number of carbonyl (C=O) groups excluding carboxylic acids is 2. The van der Waals surface area contributed by atoms with Gasteiger partial charge in [-0.15, -0.1) is 0 Å². The van der Waals surface area contributed by atoms with Crippen LogP contribution in [0.5, 0.6) is 11.5 Å².